The van der Waals surface area contributed by atoms with Crippen LogP contribution in [0.25, 0.3) is 22.3 Å². The molecule has 1 unspecified atom stereocenters. The molecule has 0 amide bonds. The molecule has 1 aliphatic heterocycles. The Balaban J connectivity index is 1.51. The van der Waals surface area contributed by atoms with Crippen LogP contribution in [0.2, 0.25) is 0 Å². The minimum atomic E-state index is -4.53. The fourth-order valence-corrected chi connectivity index (χ4v) is 4.35. The quantitative estimate of drug-likeness (QED) is 0.484. The monoisotopic (exact) mass is 446 g/mol. The fourth-order valence-electron chi connectivity index (χ4n) is 3.60. The van der Waals surface area contributed by atoms with Crippen LogP contribution in [0.15, 0.2) is 52.8 Å². The zero-order chi connectivity index (χ0) is 21.4. The summed E-state index contributed by atoms with van der Waals surface area (Å²) in [6.45, 7) is 1.25. The second kappa shape index (κ2) is 7.97. The van der Waals surface area contributed by atoms with Crippen molar-refractivity contribution in [3.63, 3.8) is 0 Å². The molecule has 0 aliphatic carbocycles. The van der Waals surface area contributed by atoms with Crippen LogP contribution in [-0.2, 0) is 17.5 Å². The zero-order valence-corrected chi connectivity index (χ0v) is 17.0. The Kier molecular flexibility index (Phi) is 5.14. The number of aromatic nitrogens is 6. The van der Waals surface area contributed by atoms with Crippen LogP contribution in [0.3, 0.4) is 0 Å². The number of ether oxygens (including phenoxy) is 1. The summed E-state index contributed by atoms with van der Waals surface area (Å²) >= 11 is 1.12. The molecule has 1 N–H and O–H groups in total. The van der Waals surface area contributed by atoms with Gasteiger partial charge in [-0.3, -0.25) is 4.57 Å². The van der Waals surface area contributed by atoms with Gasteiger partial charge in [-0.05, 0) is 42.8 Å². The van der Waals surface area contributed by atoms with E-state index in [1.165, 1.54) is 6.07 Å². The number of rotatable bonds is 5. The first kappa shape index (κ1) is 20.0. The highest BCUT2D eigenvalue weighted by molar-refractivity contribution is 7.99. The molecule has 1 atom stereocenters. The number of alkyl halides is 3. The molecule has 1 aromatic carbocycles. The molecule has 5 rings (SSSR count). The van der Waals surface area contributed by atoms with Crippen LogP contribution >= 0.6 is 11.8 Å². The zero-order valence-electron chi connectivity index (χ0n) is 16.1. The molecule has 4 aromatic rings. The fraction of sp³-hybridized carbons (Fsp3) is 0.300. The maximum Gasteiger partial charge on any atom is 0.435 e. The van der Waals surface area contributed by atoms with Gasteiger partial charge in [0.2, 0.25) is 0 Å². The first-order valence-electron chi connectivity index (χ1n) is 9.69. The molecular formula is C20H17F3N6OS. The molecule has 0 saturated carbocycles. The number of H-pyrrole nitrogens is 1. The van der Waals surface area contributed by atoms with Gasteiger partial charge >= 0.3 is 6.18 Å². The predicted molar refractivity (Wildman–Crippen MR) is 107 cm³/mol. The van der Waals surface area contributed by atoms with Gasteiger partial charge in [-0.25, -0.2) is 0 Å². The Hall–Kier alpha value is -2.92. The molecular weight excluding hydrogens is 429 g/mol. The van der Waals surface area contributed by atoms with Crippen LogP contribution in [0.1, 0.15) is 18.5 Å². The number of halogens is 3. The summed E-state index contributed by atoms with van der Waals surface area (Å²) in [4.78, 5) is 3.24. The van der Waals surface area contributed by atoms with Crippen molar-refractivity contribution in [2.45, 2.75) is 41.8 Å². The summed E-state index contributed by atoms with van der Waals surface area (Å²) < 4.78 is 46.1. The van der Waals surface area contributed by atoms with Gasteiger partial charge in [-0.1, -0.05) is 18.2 Å². The molecule has 7 nitrogen and oxygen atoms in total. The average Bonchev–Trinajstić information content (AvgIpc) is 3.49. The molecule has 31 heavy (non-hydrogen) atoms. The van der Waals surface area contributed by atoms with Crippen molar-refractivity contribution >= 4 is 22.7 Å². The number of hydrogen-bond donors (Lipinski definition) is 1. The third kappa shape index (κ3) is 4.02. The number of nitrogens with one attached hydrogen (secondary N) is 1. The Morgan fingerprint density at radius 1 is 1.10 bits per heavy atom. The number of aromatic amines is 1. The maximum absolute atomic E-state index is 12.8. The number of nitrogens with zero attached hydrogens (tertiary/aromatic N) is 5. The average molecular weight is 446 g/mol. The van der Waals surface area contributed by atoms with E-state index in [9.17, 15) is 13.2 Å². The second-order valence-electron chi connectivity index (χ2n) is 7.16. The van der Waals surface area contributed by atoms with Crippen LogP contribution in [0.4, 0.5) is 13.2 Å². The molecule has 4 heterocycles. The number of para-hydroxylation sites is 1. The standard InChI is InChI=1S/C20H17F3N6OS/c21-20(22,23)16-7-8-17(26-25-16)31-19-28-27-18(29(19)11-12-4-3-9-30-12)14-10-24-15-6-2-1-5-13(14)15/h1-2,5-8,10,12,24H,3-4,9,11H2. The van der Waals surface area contributed by atoms with Crippen molar-refractivity contribution in [3.8, 4) is 11.4 Å². The Morgan fingerprint density at radius 2 is 1.97 bits per heavy atom. The predicted octanol–water partition coefficient (Wildman–Crippen LogP) is 4.57. The van der Waals surface area contributed by atoms with Gasteiger partial charge in [0.1, 0.15) is 5.03 Å². The van der Waals surface area contributed by atoms with Crippen molar-refractivity contribution in [3.05, 3.63) is 48.3 Å². The van der Waals surface area contributed by atoms with Gasteiger partial charge in [0, 0.05) is 29.3 Å². The van der Waals surface area contributed by atoms with Crippen molar-refractivity contribution in [1.29, 1.82) is 0 Å². The summed E-state index contributed by atoms with van der Waals surface area (Å²) in [6.07, 6.45) is -0.707. The summed E-state index contributed by atoms with van der Waals surface area (Å²) in [5.41, 5.74) is 0.843. The third-order valence-electron chi connectivity index (χ3n) is 5.08. The molecule has 11 heteroatoms. The normalized spacial score (nSPS) is 16.9. The summed E-state index contributed by atoms with van der Waals surface area (Å²) in [5.74, 6) is 0.662. The number of benzene rings is 1. The smallest absolute Gasteiger partial charge is 0.376 e. The first-order valence-corrected chi connectivity index (χ1v) is 10.5. The number of fused-ring (bicyclic) bond motifs is 1. The van der Waals surface area contributed by atoms with Gasteiger partial charge in [0.05, 0.1) is 12.6 Å². The van der Waals surface area contributed by atoms with E-state index >= 15 is 0 Å². The highest BCUT2D eigenvalue weighted by Crippen LogP contribution is 2.34. The molecule has 1 fully saturated rings. The number of hydrogen-bond acceptors (Lipinski definition) is 6. The van der Waals surface area contributed by atoms with Gasteiger partial charge in [0.25, 0.3) is 0 Å². The third-order valence-corrected chi connectivity index (χ3v) is 6.00. The van der Waals surface area contributed by atoms with E-state index in [1.807, 2.05) is 35.0 Å². The molecule has 160 valence electrons. The molecule has 1 aliphatic rings. The van der Waals surface area contributed by atoms with Gasteiger partial charge in [-0.2, -0.15) is 13.2 Å². The molecule has 0 radical (unpaired) electrons. The topological polar surface area (TPSA) is 81.5 Å². The van der Waals surface area contributed by atoms with E-state index in [2.05, 4.69) is 25.4 Å². The van der Waals surface area contributed by atoms with Gasteiger partial charge < -0.3 is 9.72 Å². The molecule has 3 aromatic heterocycles. The van der Waals surface area contributed by atoms with Gasteiger partial charge in [0.15, 0.2) is 16.7 Å². The first-order chi connectivity index (χ1) is 15.0. The Morgan fingerprint density at radius 3 is 2.71 bits per heavy atom. The van der Waals surface area contributed by atoms with Crippen LogP contribution in [-0.4, -0.2) is 42.7 Å². The summed E-state index contributed by atoms with van der Waals surface area (Å²) in [5, 5.41) is 17.5. The lowest BCUT2D eigenvalue weighted by Crippen LogP contribution is -2.16. The van der Waals surface area contributed by atoms with E-state index in [-0.39, 0.29) is 6.10 Å². The van der Waals surface area contributed by atoms with Crippen molar-refractivity contribution < 1.29 is 17.9 Å². The van der Waals surface area contributed by atoms with E-state index in [0.717, 1.165) is 47.1 Å². The minimum absolute atomic E-state index is 0.0259. The lowest BCUT2D eigenvalue weighted by atomic mass is 10.1. The SMILES string of the molecule is FC(F)(F)c1ccc(Sc2nnc(-c3c[nH]c4ccccc34)n2CC2CCCO2)nn1. The minimum Gasteiger partial charge on any atom is -0.376 e. The van der Waals surface area contributed by atoms with E-state index in [1.54, 1.807) is 0 Å². The summed E-state index contributed by atoms with van der Waals surface area (Å²) in [7, 11) is 0. The van der Waals surface area contributed by atoms with Gasteiger partial charge in [-0.15, -0.1) is 20.4 Å². The largest absolute Gasteiger partial charge is 0.435 e. The molecule has 0 spiro atoms. The lowest BCUT2D eigenvalue weighted by molar-refractivity contribution is -0.141. The molecule has 1 saturated heterocycles. The van der Waals surface area contributed by atoms with Crippen molar-refractivity contribution in [2.24, 2.45) is 0 Å². The maximum atomic E-state index is 12.8. The Bertz CT molecular complexity index is 1200. The van der Waals surface area contributed by atoms with Crippen LogP contribution < -0.4 is 0 Å². The lowest BCUT2D eigenvalue weighted by Gasteiger charge is -2.14. The van der Waals surface area contributed by atoms with E-state index < -0.39 is 11.9 Å². The highest BCUT2D eigenvalue weighted by atomic mass is 32.2. The van der Waals surface area contributed by atoms with Crippen LogP contribution in [0, 0.1) is 0 Å². The highest BCUT2D eigenvalue weighted by Gasteiger charge is 2.33. The van der Waals surface area contributed by atoms with Crippen molar-refractivity contribution in [2.75, 3.05) is 6.61 Å². The van der Waals surface area contributed by atoms with E-state index in [4.69, 9.17) is 4.74 Å². The Labute approximate surface area is 179 Å². The summed E-state index contributed by atoms with van der Waals surface area (Å²) in [6, 6.07) is 10.1. The van der Waals surface area contributed by atoms with E-state index in [0.29, 0.717) is 29.2 Å². The van der Waals surface area contributed by atoms with Crippen molar-refractivity contribution in [1.82, 2.24) is 29.9 Å². The molecule has 0 bridgehead atoms. The second-order valence-corrected chi connectivity index (χ2v) is 8.14. The van der Waals surface area contributed by atoms with Crippen LogP contribution in [0.5, 0.6) is 0 Å².